The van der Waals surface area contributed by atoms with E-state index in [9.17, 15) is 5.21 Å². The van der Waals surface area contributed by atoms with Crippen LogP contribution in [-0.2, 0) is 0 Å². The Kier molecular flexibility index (Phi) is 0.917. The minimum absolute atomic E-state index is 0.363. The van der Waals surface area contributed by atoms with E-state index in [1.165, 1.54) is 12.5 Å². The van der Waals surface area contributed by atoms with Gasteiger partial charge in [0, 0.05) is 6.07 Å². The Morgan fingerprint density at radius 2 is 2.30 bits per heavy atom. The van der Waals surface area contributed by atoms with Crippen LogP contribution in [0.1, 0.15) is 0 Å². The molecule has 2 aromatic rings. The van der Waals surface area contributed by atoms with E-state index in [0.717, 1.165) is 5.39 Å². The topological polar surface area (TPSA) is 40.1 Å². The van der Waals surface area contributed by atoms with Crippen molar-refractivity contribution in [1.29, 1.82) is 0 Å². The molecule has 2 aromatic heterocycles. The highest BCUT2D eigenvalue weighted by molar-refractivity contribution is 5.69. The Hall–Kier alpha value is -1.51. The smallest absolute Gasteiger partial charge is 0.391 e. The first kappa shape index (κ1) is 5.29. The second-order valence-corrected chi connectivity index (χ2v) is 2.02. The monoisotopic (exact) mass is 135 g/mol. The minimum atomic E-state index is 0.363. The fourth-order valence-electron chi connectivity index (χ4n) is 0.910. The molecule has 0 atom stereocenters. The van der Waals surface area contributed by atoms with Gasteiger partial charge >= 0.3 is 5.71 Å². The molecule has 0 aliphatic rings. The summed E-state index contributed by atoms with van der Waals surface area (Å²) in [5.74, 6) is 0. The van der Waals surface area contributed by atoms with Gasteiger partial charge in [0.25, 0.3) is 0 Å². The standard InChI is InChI=1S/C7H5NO2/c9-8-4-1-2-6-3-5-10-7(6)8/h1-5H. The van der Waals surface area contributed by atoms with Crippen LogP contribution in [0, 0.1) is 5.21 Å². The quantitative estimate of drug-likeness (QED) is 0.400. The van der Waals surface area contributed by atoms with Gasteiger partial charge in [-0.25, -0.2) is 0 Å². The van der Waals surface area contributed by atoms with Gasteiger partial charge in [0.15, 0.2) is 6.20 Å². The van der Waals surface area contributed by atoms with Crippen LogP contribution >= 0.6 is 0 Å². The molecule has 2 heterocycles. The maximum absolute atomic E-state index is 10.9. The van der Waals surface area contributed by atoms with E-state index in [1.807, 2.05) is 6.07 Å². The van der Waals surface area contributed by atoms with Crippen molar-refractivity contribution in [1.82, 2.24) is 0 Å². The summed E-state index contributed by atoms with van der Waals surface area (Å²) < 4.78 is 5.60. The summed E-state index contributed by atoms with van der Waals surface area (Å²) in [5, 5.41) is 11.7. The number of hydrogen-bond acceptors (Lipinski definition) is 2. The van der Waals surface area contributed by atoms with Crippen LogP contribution in [-0.4, -0.2) is 0 Å². The molecule has 2 rings (SSSR count). The zero-order valence-electron chi connectivity index (χ0n) is 5.15. The van der Waals surface area contributed by atoms with E-state index in [2.05, 4.69) is 0 Å². The fraction of sp³-hybridized carbons (Fsp3) is 0. The summed E-state index contributed by atoms with van der Waals surface area (Å²) in [7, 11) is 0. The first-order chi connectivity index (χ1) is 4.88. The molecule has 0 unspecified atom stereocenters. The van der Waals surface area contributed by atoms with Gasteiger partial charge in [-0.1, -0.05) is 0 Å². The van der Waals surface area contributed by atoms with Gasteiger partial charge in [-0.05, 0) is 12.1 Å². The summed E-state index contributed by atoms with van der Waals surface area (Å²) in [6, 6.07) is 5.27. The molecule has 0 aliphatic carbocycles. The van der Waals surface area contributed by atoms with Gasteiger partial charge in [-0.15, -0.1) is 4.73 Å². The molecule has 0 amide bonds. The molecule has 0 aliphatic heterocycles. The van der Waals surface area contributed by atoms with Crippen molar-refractivity contribution in [3.8, 4) is 0 Å². The molecular weight excluding hydrogens is 130 g/mol. The second kappa shape index (κ2) is 1.73. The van der Waals surface area contributed by atoms with Gasteiger partial charge in [-0.3, -0.25) is 0 Å². The first-order valence-electron chi connectivity index (χ1n) is 2.93. The molecule has 0 saturated heterocycles. The van der Waals surface area contributed by atoms with Crippen LogP contribution in [0.4, 0.5) is 0 Å². The Labute approximate surface area is 57.1 Å². The maximum Gasteiger partial charge on any atom is 0.391 e. The molecular formula is C7H5NO2. The van der Waals surface area contributed by atoms with Gasteiger partial charge in [0.1, 0.15) is 0 Å². The van der Waals surface area contributed by atoms with Crippen LogP contribution in [0.3, 0.4) is 0 Å². The maximum atomic E-state index is 10.9. The minimum Gasteiger partial charge on any atom is -0.616 e. The Balaban J connectivity index is 2.95. The predicted octanol–water partition coefficient (Wildman–Crippen LogP) is 1.07. The Morgan fingerprint density at radius 1 is 1.40 bits per heavy atom. The summed E-state index contributed by atoms with van der Waals surface area (Å²) in [4.78, 5) is 0. The van der Waals surface area contributed by atoms with E-state index in [0.29, 0.717) is 10.4 Å². The number of fused-ring (bicyclic) bond motifs is 1. The molecule has 0 spiro atoms. The molecule has 0 aromatic carbocycles. The molecule has 3 nitrogen and oxygen atoms in total. The van der Waals surface area contributed by atoms with E-state index in [1.54, 1.807) is 12.1 Å². The second-order valence-electron chi connectivity index (χ2n) is 2.02. The lowest BCUT2D eigenvalue weighted by Crippen LogP contribution is -2.24. The van der Waals surface area contributed by atoms with Crippen molar-refractivity contribution in [2.24, 2.45) is 0 Å². The number of nitrogens with zero attached hydrogens (tertiary/aromatic N) is 1. The van der Waals surface area contributed by atoms with Gasteiger partial charge in [0.05, 0.1) is 11.6 Å². The van der Waals surface area contributed by atoms with Crippen molar-refractivity contribution in [3.63, 3.8) is 0 Å². The highest BCUT2D eigenvalue weighted by atomic mass is 16.5. The lowest BCUT2D eigenvalue weighted by Gasteiger charge is -1.91. The van der Waals surface area contributed by atoms with Crippen molar-refractivity contribution >= 4 is 11.1 Å². The third-order valence-corrected chi connectivity index (χ3v) is 1.37. The van der Waals surface area contributed by atoms with Gasteiger partial charge < -0.3 is 9.62 Å². The van der Waals surface area contributed by atoms with Crippen molar-refractivity contribution in [3.05, 3.63) is 35.9 Å². The van der Waals surface area contributed by atoms with Crippen molar-refractivity contribution in [2.45, 2.75) is 0 Å². The van der Waals surface area contributed by atoms with Gasteiger partial charge in [0.2, 0.25) is 0 Å². The van der Waals surface area contributed by atoms with E-state index < -0.39 is 0 Å². The zero-order valence-corrected chi connectivity index (χ0v) is 5.15. The summed E-state index contributed by atoms with van der Waals surface area (Å²) in [6.45, 7) is 0. The average Bonchev–Trinajstić information content (AvgIpc) is 2.36. The van der Waals surface area contributed by atoms with Crippen LogP contribution in [0.25, 0.3) is 11.1 Å². The number of furan rings is 1. The largest absolute Gasteiger partial charge is 0.616 e. The highest BCUT2D eigenvalue weighted by Crippen LogP contribution is 2.08. The number of pyridine rings is 1. The number of rotatable bonds is 0. The molecule has 0 radical (unpaired) electrons. The highest BCUT2D eigenvalue weighted by Gasteiger charge is 2.03. The number of aromatic nitrogens is 1. The number of hydrogen-bond donors (Lipinski definition) is 0. The summed E-state index contributed by atoms with van der Waals surface area (Å²) in [6.07, 6.45) is 2.91. The van der Waals surface area contributed by atoms with Crippen LogP contribution in [0.5, 0.6) is 0 Å². The fourth-order valence-corrected chi connectivity index (χ4v) is 0.910. The van der Waals surface area contributed by atoms with Crippen LogP contribution < -0.4 is 4.73 Å². The lowest BCUT2D eigenvalue weighted by molar-refractivity contribution is -0.584. The average molecular weight is 135 g/mol. The molecule has 10 heavy (non-hydrogen) atoms. The lowest BCUT2D eigenvalue weighted by atomic mass is 10.3. The summed E-state index contributed by atoms with van der Waals surface area (Å²) >= 11 is 0. The van der Waals surface area contributed by atoms with E-state index in [4.69, 9.17) is 4.42 Å². The molecule has 50 valence electrons. The Bertz CT molecular complexity index is 353. The van der Waals surface area contributed by atoms with Crippen molar-refractivity contribution < 1.29 is 9.15 Å². The molecule has 0 saturated carbocycles. The zero-order chi connectivity index (χ0) is 6.97. The van der Waals surface area contributed by atoms with E-state index in [-0.39, 0.29) is 0 Å². The molecule has 0 N–H and O–H groups in total. The SMILES string of the molecule is [O-][n+]1cccc2ccoc21. The molecule has 0 fully saturated rings. The first-order valence-corrected chi connectivity index (χ1v) is 2.93. The normalized spacial score (nSPS) is 10.4. The molecule has 0 bridgehead atoms. The van der Waals surface area contributed by atoms with E-state index >= 15 is 0 Å². The van der Waals surface area contributed by atoms with Gasteiger partial charge in [-0.2, -0.15) is 0 Å². The molecule has 3 heteroatoms. The summed E-state index contributed by atoms with van der Waals surface area (Å²) in [5.41, 5.74) is 0.363. The predicted molar refractivity (Wildman–Crippen MR) is 35.2 cm³/mol. The van der Waals surface area contributed by atoms with Crippen LogP contribution in [0.2, 0.25) is 0 Å². The third-order valence-electron chi connectivity index (χ3n) is 1.37. The van der Waals surface area contributed by atoms with Crippen LogP contribution in [0.15, 0.2) is 35.1 Å². The third kappa shape index (κ3) is 0.572. The Morgan fingerprint density at radius 3 is 3.10 bits per heavy atom. The van der Waals surface area contributed by atoms with Crippen molar-refractivity contribution in [2.75, 3.05) is 0 Å².